The Morgan fingerprint density at radius 1 is 1.18 bits per heavy atom. The smallest absolute Gasteiger partial charge is 0.0273 e. The lowest BCUT2D eigenvalue weighted by Crippen LogP contribution is -2.54. The van der Waals surface area contributed by atoms with Gasteiger partial charge in [-0.3, -0.25) is 11.3 Å². The van der Waals surface area contributed by atoms with Gasteiger partial charge in [0.2, 0.25) is 0 Å². The molecule has 5 N–H and O–H groups in total. The van der Waals surface area contributed by atoms with Gasteiger partial charge in [-0.15, -0.1) is 0 Å². The Kier molecular flexibility index (Phi) is 3.74. The molecule has 0 unspecified atom stereocenters. The summed E-state index contributed by atoms with van der Waals surface area (Å²) in [6, 6.07) is 0. The van der Waals surface area contributed by atoms with E-state index in [-0.39, 0.29) is 0 Å². The highest BCUT2D eigenvalue weighted by Crippen LogP contribution is 1.91. The summed E-state index contributed by atoms with van der Waals surface area (Å²) < 4.78 is 0. The van der Waals surface area contributed by atoms with Crippen molar-refractivity contribution in [3.05, 3.63) is 0 Å². The zero-order chi connectivity index (χ0) is 8.10. The molecule has 0 radical (unpaired) electrons. The SMILES string of the molecule is NCCNN1CCN(N)CC1. The molecule has 0 bridgehead atoms. The van der Waals surface area contributed by atoms with Gasteiger partial charge in [0.25, 0.3) is 0 Å². The van der Waals surface area contributed by atoms with Crippen LogP contribution >= 0.6 is 0 Å². The van der Waals surface area contributed by atoms with Gasteiger partial charge in [0.15, 0.2) is 0 Å². The Labute approximate surface area is 67.2 Å². The molecule has 1 saturated heterocycles. The summed E-state index contributed by atoms with van der Waals surface area (Å²) in [5, 5.41) is 4.00. The van der Waals surface area contributed by atoms with Gasteiger partial charge in [-0.05, 0) is 0 Å². The zero-order valence-electron chi connectivity index (χ0n) is 6.79. The summed E-state index contributed by atoms with van der Waals surface area (Å²) in [6.45, 7) is 5.36. The first-order valence-electron chi connectivity index (χ1n) is 4.01. The monoisotopic (exact) mass is 159 g/mol. The number of rotatable bonds is 3. The van der Waals surface area contributed by atoms with Crippen molar-refractivity contribution >= 4 is 0 Å². The molecule has 5 heteroatoms. The highest BCUT2D eigenvalue weighted by molar-refractivity contribution is 4.64. The van der Waals surface area contributed by atoms with E-state index in [1.807, 2.05) is 5.01 Å². The number of hydrogen-bond acceptors (Lipinski definition) is 5. The lowest BCUT2D eigenvalue weighted by atomic mass is 10.4. The molecular weight excluding hydrogens is 142 g/mol. The minimum Gasteiger partial charge on any atom is -0.329 e. The summed E-state index contributed by atoms with van der Waals surface area (Å²) in [5.41, 5.74) is 8.57. The fourth-order valence-corrected chi connectivity index (χ4v) is 1.10. The fourth-order valence-electron chi connectivity index (χ4n) is 1.10. The van der Waals surface area contributed by atoms with Crippen LogP contribution in [0.3, 0.4) is 0 Å². The normalized spacial score (nSPS) is 22.4. The highest BCUT2D eigenvalue weighted by atomic mass is 15.6. The molecule has 0 saturated carbocycles. The van der Waals surface area contributed by atoms with Gasteiger partial charge in [-0.25, -0.2) is 10.0 Å². The van der Waals surface area contributed by atoms with Crippen molar-refractivity contribution < 1.29 is 0 Å². The van der Waals surface area contributed by atoms with Crippen molar-refractivity contribution in [1.29, 1.82) is 0 Å². The molecule has 0 aliphatic carbocycles. The van der Waals surface area contributed by atoms with Crippen molar-refractivity contribution in [2.45, 2.75) is 0 Å². The van der Waals surface area contributed by atoms with Crippen LogP contribution in [-0.2, 0) is 0 Å². The van der Waals surface area contributed by atoms with Crippen LogP contribution in [0.1, 0.15) is 0 Å². The van der Waals surface area contributed by atoms with Gasteiger partial charge < -0.3 is 5.73 Å². The van der Waals surface area contributed by atoms with Gasteiger partial charge in [0, 0.05) is 39.3 Å². The van der Waals surface area contributed by atoms with Crippen LogP contribution in [0.2, 0.25) is 0 Å². The van der Waals surface area contributed by atoms with Crippen molar-refractivity contribution in [2.75, 3.05) is 39.3 Å². The average Bonchev–Trinajstić information content (AvgIpc) is 2.04. The Morgan fingerprint density at radius 2 is 1.82 bits per heavy atom. The average molecular weight is 159 g/mol. The number of piperazine rings is 1. The predicted octanol–water partition coefficient (Wildman–Crippen LogP) is -2.06. The summed E-state index contributed by atoms with van der Waals surface area (Å²) in [4.78, 5) is 0. The molecule has 0 aromatic heterocycles. The minimum absolute atomic E-state index is 0.683. The summed E-state index contributed by atoms with van der Waals surface area (Å²) >= 11 is 0. The van der Waals surface area contributed by atoms with Crippen LogP contribution in [0, 0.1) is 0 Å². The molecular formula is C6H17N5. The van der Waals surface area contributed by atoms with Crippen LogP contribution in [-0.4, -0.2) is 49.3 Å². The van der Waals surface area contributed by atoms with E-state index < -0.39 is 0 Å². The minimum atomic E-state index is 0.683. The number of hydrogen-bond donors (Lipinski definition) is 3. The summed E-state index contributed by atoms with van der Waals surface area (Å²) in [7, 11) is 0. The molecule has 66 valence electrons. The Hall–Kier alpha value is -0.200. The second kappa shape index (κ2) is 4.63. The number of hydrazine groups is 2. The molecule has 0 spiro atoms. The molecule has 0 amide bonds. The second-order valence-corrected chi connectivity index (χ2v) is 2.72. The summed E-state index contributed by atoms with van der Waals surface area (Å²) in [5.74, 6) is 5.58. The summed E-state index contributed by atoms with van der Waals surface area (Å²) in [6.07, 6.45) is 0. The van der Waals surface area contributed by atoms with E-state index in [2.05, 4.69) is 10.4 Å². The van der Waals surface area contributed by atoms with Crippen LogP contribution in [0.4, 0.5) is 0 Å². The van der Waals surface area contributed by atoms with Crippen molar-refractivity contribution in [2.24, 2.45) is 11.6 Å². The number of nitrogens with two attached hydrogens (primary N) is 2. The molecule has 1 heterocycles. The molecule has 5 nitrogen and oxygen atoms in total. The lowest BCUT2D eigenvalue weighted by molar-refractivity contribution is 0.0915. The first kappa shape index (κ1) is 8.89. The molecule has 1 rings (SSSR count). The van der Waals surface area contributed by atoms with E-state index in [1.54, 1.807) is 0 Å². The van der Waals surface area contributed by atoms with Crippen molar-refractivity contribution in [3.8, 4) is 0 Å². The van der Waals surface area contributed by atoms with E-state index in [4.69, 9.17) is 11.6 Å². The van der Waals surface area contributed by atoms with Crippen LogP contribution < -0.4 is 17.0 Å². The van der Waals surface area contributed by atoms with Crippen molar-refractivity contribution in [3.63, 3.8) is 0 Å². The predicted molar refractivity (Wildman–Crippen MR) is 44.4 cm³/mol. The molecule has 1 fully saturated rings. The van der Waals surface area contributed by atoms with E-state index in [0.29, 0.717) is 6.54 Å². The third-order valence-electron chi connectivity index (χ3n) is 1.79. The van der Waals surface area contributed by atoms with Gasteiger partial charge >= 0.3 is 0 Å². The highest BCUT2D eigenvalue weighted by Gasteiger charge is 2.12. The third-order valence-corrected chi connectivity index (χ3v) is 1.79. The Bertz CT molecular complexity index is 96.4. The maximum Gasteiger partial charge on any atom is 0.0273 e. The van der Waals surface area contributed by atoms with Crippen LogP contribution in [0.25, 0.3) is 0 Å². The second-order valence-electron chi connectivity index (χ2n) is 2.72. The van der Waals surface area contributed by atoms with E-state index >= 15 is 0 Å². The zero-order valence-corrected chi connectivity index (χ0v) is 6.79. The maximum absolute atomic E-state index is 5.58. The van der Waals surface area contributed by atoms with Crippen LogP contribution in [0.5, 0.6) is 0 Å². The molecule has 0 aromatic carbocycles. The van der Waals surface area contributed by atoms with E-state index in [1.165, 1.54) is 0 Å². The van der Waals surface area contributed by atoms with Gasteiger partial charge in [0.05, 0.1) is 0 Å². The molecule has 11 heavy (non-hydrogen) atoms. The Morgan fingerprint density at radius 3 is 2.36 bits per heavy atom. The molecule has 1 aliphatic rings. The first-order chi connectivity index (χ1) is 5.33. The quantitative estimate of drug-likeness (QED) is 0.413. The lowest BCUT2D eigenvalue weighted by Gasteiger charge is -2.32. The molecule has 0 atom stereocenters. The third kappa shape index (κ3) is 3.13. The van der Waals surface area contributed by atoms with Gasteiger partial charge in [-0.1, -0.05) is 0 Å². The van der Waals surface area contributed by atoms with Gasteiger partial charge in [0.1, 0.15) is 0 Å². The topological polar surface area (TPSA) is 70.5 Å². The first-order valence-corrected chi connectivity index (χ1v) is 4.01. The van der Waals surface area contributed by atoms with Crippen LogP contribution in [0.15, 0.2) is 0 Å². The Balaban J connectivity index is 2.07. The maximum atomic E-state index is 5.58. The van der Waals surface area contributed by atoms with Gasteiger partial charge in [-0.2, -0.15) is 0 Å². The largest absolute Gasteiger partial charge is 0.329 e. The fraction of sp³-hybridized carbons (Fsp3) is 1.00. The molecule has 0 aromatic rings. The van der Waals surface area contributed by atoms with E-state index in [9.17, 15) is 0 Å². The number of nitrogens with zero attached hydrogens (tertiary/aromatic N) is 2. The molecule has 1 aliphatic heterocycles. The van der Waals surface area contributed by atoms with Crippen molar-refractivity contribution in [1.82, 2.24) is 15.4 Å². The number of nitrogens with one attached hydrogen (secondary N) is 1. The standard InChI is InChI=1S/C6H17N5/c7-1-2-9-11-5-3-10(8)4-6-11/h9H,1-8H2. The van der Waals surface area contributed by atoms with E-state index in [0.717, 1.165) is 32.7 Å².